The summed E-state index contributed by atoms with van der Waals surface area (Å²) in [5, 5.41) is 18.7. The van der Waals surface area contributed by atoms with Gasteiger partial charge in [-0.3, -0.25) is 0 Å². The number of carbonyl (C=O) groups is 1. The van der Waals surface area contributed by atoms with E-state index in [0.717, 1.165) is 10.9 Å². The van der Waals surface area contributed by atoms with E-state index < -0.39 is 12.1 Å². The van der Waals surface area contributed by atoms with Gasteiger partial charge in [0.2, 0.25) is 6.10 Å². The Morgan fingerprint density at radius 1 is 1.47 bits per heavy atom. The average Bonchev–Trinajstić information content (AvgIpc) is 2.61. The number of hydrogen-bond acceptors (Lipinski definition) is 3. The van der Waals surface area contributed by atoms with Crippen LogP contribution in [0.3, 0.4) is 0 Å². The maximum atomic E-state index is 10.6. The third-order valence-electron chi connectivity index (χ3n) is 2.30. The summed E-state index contributed by atoms with van der Waals surface area (Å²) in [6, 6.07) is 7.01. The number of aliphatic carboxylic acids is 1. The largest absolute Gasteiger partial charge is 0.479 e. The van der Waals surface area contributed by atoms with Crippen molar-refractivity contribution in [2.75, 3.05) is 0 Å². The van der Waals surface area contributed by atoms with E-state index in [-0.39, 0.29) is 5.76 Å². The summed E-state index contributed by atoms with van der Waals surface area (Å²) in [6.07, 6.45) is -1.60. The number of rotatable bonds is 2. The normalized spacial score (nSPS) is 12.9. The van der Waals surface area contributed by atoms with Gasteiger partial charge in [0.25, 0.3) is 0 Å². The van der Waals surface area contributed by atoms with Crippen LogP contribution in [0.2, 0.25) is 0 Å². The van der Waals surface area contributed by atoms with Gasteiger partial charge < -0.3 is 14.6 Å². The molecule has 4 heteroatoms. The van der Waals surface area contributed by atoms with E-state index in [9.17, 15) is 9.90 Å². The lowest BCUT2D eigenvalue weighted by molar-refractivity contribution is -0.147. The van der Waals surface area contributed by atoms with Crippen LogP contribution in [-0.4, -0.2) is 16.2 Å². The first-order valence-corrected chi connectivity index (χ1v) is 4.49. The second-order valence-electron chi connectivity index (χ2n) is 3.38. The molecule has 1 unspecified atom stereocenters. The Morgan fingerprint density at radius 2 is 2.20 bits per heavy atom. The molecule has 0 saturated heterocycles. The highest BCUT2D eigenvalue weighted by Gasteiger charge is 2.20. The van der Waals surface area contributed by atoms with E-state index in [1.165, 1.54) is 0 Å². The average molecular weight is 206 g/mol. The number of benzene rings is 1. The number of aliphatic hydroxyl groups is 1. The Kier molecular flexibility index (Phi) is 2.21. The van der Waals surface area contributed by atoms with Gasteiger partial charge in [0.05, 0.1) is 0 Å². The highest BCUT2D eigenvalue weighted by Crippen LogP contribution is 2.26. The van der Waals surface area contributed by atoms with Crippen LogP contribution in [0, 0.1) is 6.92 Å². The van der Waals surface area contributed by atoms with Crippen LogP contribution in [0.5, 0.6) is 0 Å². The summed E-state index contributed by atoms with van der Waals surface area (Å²) >= 11 is 0. The molecule has 1 atom stereocenters. The Labute approximate surface area is 85.8 Å². The Hall–Kier alpha value is -1.81. The van der Waals surface area contributed by atoms with Crippen molar-refractivity contribution in [3.63, 3.8) is 0 Å². The summed E-state index contributed by atoms with van der Waals surface area (Å²) in [5.41, 5.74) is 1.57. The molecule has 1 aromatic carbocycles. The van der Waals surface area contributed by atoms with Crippen molar-refractivity contribution in [1.29, 1.82) is 0 Å². The van der Waals surface area contributed by atoms with Crippen molar-refractivity contribution >= 4 is 16.9 Å². The number of hydrogen-bond donors (Lipinski definition) is 2. The fraction of sp³-hybridized carbons (Fsp3) is 0.182. The number of furan rings is 1. The molecule has 0 spiro atoms. The minimum Gasteiger partial charge on any atom is -0.479 e. The van der Waals surface area contributed by atoms with Gasteiger partial charge >= 0.3 is 5.97 Å². The summed E-state index contributed by atoms with van der Waals surface area (Å²) in [7, 11) is 0. The van der Waals surface area contributed by atoms with Gasteiger partial charge in [0.15, 0.2) is 0 Å². The smallest absolute Gasteiger partial charge is 0.340 e. The van der Waals surface area contributed by atoms with E-state index in [1.54, 1.807) is 12.1 Å². The lowest BCUT2D eigenvalue weighted by atomic mass is 10.1. The molecule has 1 heterocycles. The van der Waals surface area contributed by atoms with Gasteiger partial charge in [-0.05, 0) is 24.6 Å². The van der Waals surface area contributed by atoms with Crippen LogP contribution in [0.25, 0.3) is 11.0 Å². The molecule has 2 aromatic rings. The zero-order valence-electron chi connectivity index (χ0n) is 8.10. The Bertz CT molecular complexity index is 512. The molecule has 2 N–H and O–H groups in total. The summed E-state index contributed by atoms with van der Waals surface area (Å²) in [5.74, 6) is -1.25. The van der Waals surface area contributed by atoms with Crippen molar-refractivity contribution < 1.29 is 19.4 Å². The van der Waals surface area contributed by atoms with Crippen molar-refractivity contribution in [3.8, 4) is 0 Å². The maximum Gasteiger partial charge on any atom is 0.340 e. The molecule has 2 rings (SSSR count). The standard InChI is InChI=1S/C11H10O4/c1-6-3-2-4-8-7(6)5-9(15-8)10(12)11(13)14/h2-5,10,12H,1H3,(H,13,14). The second kappa shape index (κ2) is 3.40. The van der Waals surface area contributed by atoms with Crippen LogP contribution >= 0.6 is 0 Å². The van der Waals surface area contributed by atoms with Crippen LogP contribution in [-0.2, 0) is 4.79 Å². The van der Waals surface area contributed by atoms with E-state index in [0.29, 0.717) is 5.58 Å². The Morgan fingerprint density at radius 3 is 2.80 bits per heavy atom. The van der Waals surface area contributed by atoms with Crippen molar-refractivity contribution in [3.05, 3.63) is 35.6 Å². The number of carboxylic acid groups (broad SMARTS) is 1. The molecular formula is C11H10O4. The molecule has 15 heavy (non-hydrogen) atoms. The molecule has 0 saturated carbocycles. The van der Waals surface area contributed by atoms with Crippen molar-refractivity contribution in [2.45, 2.75) is 13.0 Å². The molecule has 0 fully saturated rings. The van der Waals surface area contributed by atoms with Gasteiger partial charge in [-0.1, -0.05) is 12.1 Å². The maximum absolute atomic E-state index is 10.6. The summed E-state index contributed by atoms with van der Waals surface area (Å²) < 4.78 is 5.24. The highest BCUT2D eigenvalue weighted by molar-refractivity contribution is 5.83. The lowest BCUT2D eigenvalue weighted by Gasteiger charge is -1.98. The van der Waals surface area contributed by atoms with Gasteiger partial charge in [-0.25, -0.2) is 4.79 Å². The van der Waals surface area contributed by atoms with Crippen molar-refractivity contribution in [1.82, 2.24) is 0 Å². The van der Waals surface area contributed by atoms with E-state index in [4.69, 9.17) is 9.52 Å². The summed E-state index contributed by atoms with van der Waals surface area (Å²) in [6.45, 7) is 1.90. The van der Waals surface area contributed by atoms with Crippen LogP contribution in [0.4, 0.5) is 0 Å². The zero-order chi connectivity index (χ0) is 11.0. The fourth-order valence-corrected chi connectivity index (χ4v) is 1.48. The number of fused-ring (bicyclic) bond motifs is 1. The molecule has 0 aliphatic carbocycles. The highest BCUT2D eigenvalue weighted by atomic mass is 16.4. The second-order valence-corrected chi connectivity index (χ2v) is 3.38. The molecule has 0 aliphatic heterocycles. The molecule has 78 valence electrons. The van der Waals surface area contributed by atoms with E-state index in [2.05, 4.69) is 0 Å². The number of aryl methyl sites for hydroxylation is 1. The minimum atomic E-state index is -1.60. The Balaban J connectivity index is 2.56. The van der Waals surface area contributed by atoms with Gasteiger partial charge in [-0.15, -0.1) is 0 Å². The van der Waals surface area contributed by atoms with Gasteiger partial charge in [-0.2, -0.15) is 0 Å². The lowest BCUT2D eigenvalue weighted by Crippen LogP contribution is -2.09. The molecule has 4 nitrogen and oxygen atoms in total. The zero-order valence-corrected chi connectivity index (χ0v) is 8.10. The van der Waals surface area contributed by atoms with Crippen LogP contribution in [0.1, 0.15) is 17.4 Å². The molecular weight excluding hydrogens is 196 g/mol. The van der Waals surface area contributed by atoms with Crippen LogP contribution in [0.15, 0.2) is 28.7 Å². The molecule has 0 amide bonds. The van der Waals surface area contributed by atoms with E-state index in [1.807, 2.05) is 19.1 Å². The van der Waals surface area contributed by atoms with Gasteiger partial charge in [0.1, 0.15) is 11.3 Å². The third-order valence-corrected chi connectivity index (χ3v) is 2.30. The number of aliphatic hydroxyl groups excluding tert-OH is 1. The quantitative estimate of drug-likeness (QED) is 0.786. The van der Waals surface area contributed by atoms with Gasteiger partial charge in [0, 0.05) is 5.39 Å². The SMILES string of the molecule is Cc1cccc2oc(C(O)C(=O)O)cc12. The third kappa shape index (κ3) is 1.59. The molecule has 0 radical (unpaired) electrons. The predicted molar refractivity (Wildman–Crippen MR) is 53.5 cm³/mol. The van der Waals surface area contributed by atoms with Crippen LogP contribution < -0.4 is 0 Å². The summed E-state index contributed by atoms with van der Waals surface area (Å²) in [4.78, 5) is 10.6. The first-order chi connectivity index (χ1) is 7.09. The molecule has 0 aliphatic rings. The first-order valence-electron chi connectivity index (χ1n) is 4.49. The van der Waals surface area contributed by atoms with E-state index >= 15 is 0 Å². The minimum absolute atomic E-state index is 0.0619. The predicted octanol–water partition coefficient (Wildman–Crippen LogP) is 1.86. The van der Waals surface area contributed by atoms with Crippen molar-refractivity contribution in [2.24, 2.45) is 0 Å². The monoisotopic (exact) mass is 206 g/mol. The first kappa shape index (κ1) is 9.73. The molecule has 1 aromatic heterocycles. The number of carboxylic acids is 1. The topological polar surface area (TPSA) is 70.7 Å². The fourth-order valence-electron chi connectivity index (χ4n) is 1.48. The molecule has 0 bridgehead atoms.